The van der Waals surface area contributed by atoms with Gasteiger partial charge in [0.25, 0.3) is 5.56 Å². The van der Waals surface area contributed by atoms with Crippen LogP contribution in [0.25, 0.3) is 16.9 Å². The van der Waals surface area contributed by atoms with Crippen molar-refractivity contribution in [2.24, 2.45) is 11.8 Å². The number of carbonyl (C=O) groups is 3. The number of nitrogens with zero attached hydrogens (tertiary/aromatic N) is 6. The lowest BCUT2D eigenvalue weighted by atomic mass is 9.83. The second kappa shape index (κ2) is 15.9. The molecule has 2 aromatic carbocycles. The fraction of sp³-hybridized carbons (Fsp3) is 0.404. The number of Topliss-reactive ketones (excluding diaryl/α,β-unsaturated/α-hetero) is 1. The molecule has 60 heavy (non-hydrogen) atoms. The Morgan fingerprint density at radius 3 is 2.53 bits per heavy atom. The van der Waals surface area contributed by atoms with Gasteiger partial charge in [-0.1, -0.05) is 43.3 Å². The second-order valence-corrected chi connectivity index (χ2v) is 16.9. The lowest BCUT2D eigenvalue weighted by Gasteiger charge is -2.37. The van der Waals surface area contributed by atoms with E-state index in [1.165, 1.54) is 5.56 Å². The smallest absolute Gasteiger partial charge is 0.276 e. The first-order valence-electron chi connectivity index (χ1n) is 21.4. The van der Waals surface area contributed by atoms with E-state index in [9.17, 15) is 24.3 Å². The van der Waals surface area contributed by atoms with E-state index in [4.69, 9.17) is 9.97 Å². The number of piperidine rings is 1. The van der Waals surface area contributed by atoms with Gasteiger partial charge in [-0.05, 0) is 111 Å². The van der Waals surface area contributed by atoms with E-state index in [0.29, 0.717) is 54.0 Å². The molecule has 4 aliphatic rings. The first kappa shape index (κ1) is 39.5. The lowest BCUT2D eigenvalue weighted by molar-refractivity contribution is -0.137. The van der Waals surface area contributed by atoms with Crippen LogP contribution in [0.15, 0.2) is 78.1 Å². The summed E-state index contributed by atoms with van der Waals surface area (Å²) in [6, 6.07) is 20.1. The number of imide groups is 1. The third-order valence-corrected chi connectivity index (χ3v) is 13.2. The molecule has 13 heteroatoms. The molecule has 9 rings (SSSR count). The number of fused-ring (bicyclic) bond motifs is 3. The van der Waals surface area contributed by atoms with Gasteiger partial charge >= 0.3 is 0 Å². The largest absolute Gasteiger partial charge is 0.384 e. The molecule has 0 bridgehead atoms. The van der Waals surface area contributed by atoms with Crippen LogP contribution in [0, 0.1) is 18.8 Å². The number of benzene rings is 2. The Bertz CT molecular complexity index is 2590. The van der Waals surface area contributed by atoms with Gasteiger partial charge < -0.3 is 15.3 Å². The fourth-order valence-electron chi connectivity index (χ4n) is 9.78. The predicted molar refractivity (Wildman–Crippen MR) is 231 cm³/mol. The quantitative estimate of drug-likeness (QED) is 0.108. The summed E-state index contributed by atoms with van der Waals surface area (Å²) >= 11 is 0. The molecular formula is C47H52N8O5. The minimum atomic E-state index is -0.987. The summed E-state index contributed by atoms with van der Waals surface area (Å²) in [5.41, 5.74) is 6.86. The van der Waals surface area contributed by atoms with Crippen LogP contribution < -0.4 is 21.1 Å². The van der Waals surface area contributed by atoms with Crippen LogP contribution >= 0.6 is 0 Å². The van der Waals surface area contributed by atoms with Gasteiger partial charge in [0.1, 0.15) is 11.4 Å². The van der Waals surface area contributed by atoms with Crippen LogP contribution in [-0.4, -0.2) is 79.7 Å². The number of carbonyl (C=O) groups excluding carboxylic acids is 3. The number of pyridine rings is 2. The fourth-order valence-corrected chi connectivity index (χ4v) is 9.78. The highest BCUT2D eigenvalue weighted by Crippen LogP contribution is 2.41. The van der Waals surface area contributed by atoms with Crippen LogP contribution in [0.5, 0.6) is 0 Å². The molecule has 3 N–H and O–H groups in total. The number of hydrogen-bond acceptors (Lipinski definition) is 10. The van der Waals surface area contributed by atoms with E-state index in [1.807, 2.05) is 44.2 Å². The van der Waals surface area contributed by atoms with Gasteiger partial charge in [-0.2, -0.15) is 0 Å². The number of allylic oxidation sites excluding steroid dienone is 1. The normalized spacial score (nSPS) is 21.6. The maximum Gasteiger partial charge on any atom is 0.276 e. The highest BCUT2D eigenvalue weighted by molar-refractivity contribution is 6.08. The molecule has 5 aromatic rings. The number of rotatable bonds is 12. The van der Waals surface area contributed by atoms with Gasteiger partial charge in [0, 0.05) is 61.4 Å². The second-order valence-electron chi connectivity index (χ2n) is 16.9. The average molecular weight is 809 g/mol. The van der Waals surface area contributed by atoms with E-state index in [2.05, 4.69) is 57.3 Å². The van der Waals surface area contributed by atoms with E-state index >= 15 is 0 Å². The summed E-state index contributed by atoms with van der Waals surface area (Å²) in [5, 5.41) is 17.7. The number of aryl methyl sites for hydroxylation is 3. The molecular weight excluding hydrogens is 757 g/mol. The lowest BCUT2D eigenvalue weighted by Crippen LogP contribution is -2.47. The van der Waals surface area contributed by atoms with Gasteiger partial charge in [-0.3, -0.25) is 29.4 Å². The molecule has 2 unspecified atom stereocenters. The van der Waals surface area contributed by atoms with E-state index < -0.39 is 17.4 Å². The van der Waals surface area contributed by atoms with Crippen LogP contribution in [-0.2, 0) is 41.0 Å². The molecule has 2 aliphatic carbocycles. The van der Waals surface area contributed by atoms with Crippen molar-refractivity contribution < 1.29 is 19.5 Å². The number of piperazine rings is 1. The zero-order valence-electron chi connectivity index (χ0n) is 34.4. The van der Waals surface area contributed by atoms with E-state index in [-0.39, 0.29) is 36.1 Å². The number of hydrogen-bond donors (Lipinski definition) is 3. The number of anilines is 3. The van der Waals surface area contributed by atoms with Crippen molar-refractivity contribution in [3.63, 3.8) is 0 Å². The Morgan fingerprint density at radius 1 is 0.983 bits per heavy atom. The Labute approximate surface area is 349 Å². The monoisotopic (exact) mass is 808 g/mol. The van der Waals surface area contributed by atoms with Gasteiger partial charge in [0.2, 0.25) is 11.8 Å². The summed E-state index contributed by atoms with van der Waals surface area (Å²) in [6.45, 7) is 12.7. The number of aliphatic hydroxyl groups is 1. The van der Waals surface area contributed by atoms with E-state index in [1.54, 1.807) is 15.4 Å². The van der Waals surface area contributed by atoms with Crippen LogP contribution in [0.3, 0.4) is 0 Å². The molecule has 3 aromatic heterocycles. The molecule has 0 saturated carbocycles. The predicted octanol–water partition coefficient (Wildman–Crippen LogP) is 5.53. The standard InChI is InChI=1S/C47H52N8O5/c1-4-21-54-46(59)37-27-29(3)43(51-44(37)55(54)39-17-13-31-19-20-47(60,5-2)42(31)49-39)48-32-14-11-30(12-15-32)8-7-22-52-23-25-53(26-24-52)38-10-6-9-33-35(38)28-36(41(33)57)34-16-18-40(56)50-45(34)58/h4,6,9-15,17,27,34,36,60H,1,5,7-8,16,18-26,28H2,2-3H3,(H,48,51)(H,50,56,58)/t34?,36?,47-/m1/s1. The summed E-state index contributed by atoms with van der Waals surface area (Å²) in [5.74, 6) is -0.235. The van der Waals surface area contributed by atoms with Gasteiger partial charge in [-0.15, -0.1) is 6.58 Å². The zero-order chi connectivity index (χ0) is 41.7. The van der Waals surface area contributed by atoms with Crippen molar-refractivity contribution in [2.45, 2.75) is 77.4 Å². The number of ketones is 1. The first-order chi connectivity index (χ1) is 29.0. The van der Waals surface area contributed by atoms with Crippen molar-refractivity contribution in [2.75, 3.05) is 42.9 Å². The minimum Gasteiger partial charge on any atom is -0.384 e. The molecule has 310 valence electrons. The number of aromatic nitrogens is 4. The summed E-state index contributed by atoms with van der Waals surface area (Å²) < 4.78 is 3.34. The maximum atomic E-state index is 13.7. The molecule has 13 nitrogen and oxygen atoms in total. The van der Waals surface area contributed by atoms with Gasteiger partial charge in [-0.25, -0.2) is 19.3 Å². The van der Waals surface area contributed by atoms with Crippen molar-refractivity contribution >= 4 is 45.8 Å². The van der Waals surface area contributed by atoms with E-state index in [0.717, 1.165) is 85.6 Å². The molecule has 2 amide bonds. The number of nitrogens with one attached hydrogen (secondary N) is 2. The molecule has 0 radical (unpaired) electrons. The molecule has 2 aliphatic heterocycles. The molecule has 0 spiro atoms. The Kier molecular flexibility index (Phi) is 10.5. The van der Waals surface area contributed by atoms with Crippen molar-refractivity contribution in [1.82, 2.24) is 29.5 Å². The van der Waals surface area contributed by atoms with Crippen molar-refractivity contribution in [1.29, 1.82) is 0 Å². The van der Waals surface area contributed by atoms with Gasteiger partial charge in [0.05, 0.1) is 17.6 Å². The third kappa shape index (κ3) is 7.13. The van der Waals surface area contributed by atoms with Crippen LogP contribution in [0.4, 0.5) is 17.2 Å². The Hall–Kier alpha value is -5.92. The topological polar surface area (TPSA) is 155 Å². The Morgan fingerprint density at radius 2 is 1.78 bits per heavy atom. The van der Waals surface area contributed by atoms with Gasteiger partial charge in [0.15, 0.2) is 17.2 Å². The van der Waals surface area contributed by atoms with Crippen molar-refractivity contribution in [3.8, 4) is 5.82 Å². The van der Waals surface area contributed by atoms with Crippen LogP contribution in [0.1, 0.15) is 77.3 Å². The highest BCUT2D eigenvalue weighted by Gasteiger charge is 2.43. The van der Waals surface area contributed by atoms with Crippen LogP contribution in [0.2, 0.25) is 0 Å². The molecule has 2 saturated heterocycles. The Balaban J connectivity index is 0.823. The number of amides is 2. The minimum absolute atomic E-state index is 0.0235. The van der Waals surface area contributed by atoms with Crippen molar-refractivity contribution in [3.05, 3.63) is 117 Å². The maximum absolute atomic E-state index is 13.7. The third-order valence-electron chi connectivity index (χ3n) is 13.2. The SMILES string of the molecule is C=CCn1c(=O)c2cc(C)c(Nc3ccc(CCCN4CCN(c5cccc6c5CC(C5CCC(=O)NC5=O)C6=O)CC4)cc3)nc2n1-c1ccc2c(n1)[C@@](O)(CC)CC2. The average Bonchev–Trinajstić information content (AvgIpc) is 3.86. The zero-order valence-corrected chi connectivity index (χ0v) is 34.4. The summed E-state index contributed by atoms with van der Waals surface area (Å²) in [7, 11) is 0. The first-order valence-corrected chi connectivity index (χ1v) is 21.4. The summed E-state index contributed by atoms with van der Waals surface area (Å²) in [6.07, 6.45) is 6.87. The molecule has 2 fully saturated rings. The highest BCUT2D eigenvalue weighted by atomic mass is 16.3. The molecule has 3 atom stereocenters. The molecule has 5 heterocycles. The summed E-state index contributed by atoms with van der Waals surface area (Å²) in [4.78, 5) is 66.2.